The fourth-order valence-corrected chi connectivity index (χ4v) is 4.27. The van der Waals surface area contributed by atoms with E-state index in [0.29, 0.717) is 23.7 Å². The van der Waals surface area contributed by atoms with Crippen LogP contribution in [0, 0.1) is 0 Å². The van der Waals surface area contributed by atoms with Crippen molar-refractivity contribution in [1.29, 1.82) is 0 Å². The van der Waals surface area contributed by atoms with E-state index in [-0.39, 0.29) is 12.5 Å². The van der Waals surface area contributed by atoms with E-state index in [0.717, 1.165) is 34.2 Å². The second kappa shape index (κ2) is 8.13. The Morgan fingerprint density at radius 3 is 2.55 bits per heavy atom. The zero-order valence-electron chi connectivity index (χ0n) is 16.0. The third-order valence-electron chi connectivity index (χ3n) is 5.06. The van der Waals surface area contributed by atoms with Crippen molar-refractivity contribution >= 4 is 34.9 Å². The number of carbonyl (C=O) groups is 3. The number of rotatable bonds is 4. The van der Waals surface area contributed by atoms with Crippen molar-refractivity contribution in [1.82, 2.24) is 9.80 Å². The predicted molar refractivity (Wildman–Crippen MR) is 111 cm³/mol. The van der Waals surface area contributed by atoms with Crippen molar-refractivity contribution in [2.24, 2.45) is 0 Å². The summed E-state index contributed by atoms with van der Waals surface area (Å²) in [5.74, 6) is 0.0676. The highest BCUT2D eigenvalue weighted by Crippen LogP contribution is 2.32. The summed E-state index contributed by atoms with van der Waals surface area (Å²) in [5.41, 5.74) is 3.14. The van der Waals surface area contributed by atoms with Gasteiger partial charge in [-0.1, -0.05) is 36.4 Å². The molecule has 0 N–H and O–H groups in total. The fourth-order valence-electron chi connectivity index (χ4n) is 3.43. The van der Waals surface area contributed by atoms with Crippen molar-refractivity contribution < 1.29 is 19.1 Å². The van der Waals surface area contributed by atoms with E-state index in [1.165, 1.54) is 5.56 Å². The molecule has 148 valence electrons. The number of hydrogen-bond donors (Lipinski definition) is 0. The molecule has 0 aliphatic carbocycles. The maximum atomic E-state index is 12.7. The van der Waals surface area contributed by atoms with Crippen LogP contribution in [0.1, 0.15) is 16.7 Å². The summed E-state index contributed by atoms with van der Waals surface area (Å²) in [6.07, 6.45) is 2.44. The Bertz CT molecular complexity index is 1000. The lowest BCUT2D eigenvalue weighted by Crippen LogP contribution is -2.44. The summed E-state index contributed by atoms with van der Waals surface area (Å²) in [6.45, 7) is 0.869. The Morgan fingerprint density at radius 2 is 1.83 bits per heavy atom. The number of nitrogens with zero attached hydrogens (tertiary/aromatic N) is 2. The van der Waals surface area contributed by atoms with Crippen molar-refractivity contribution in [2.75, 3.05) is 20.2 Å². The molecule has 2 aromatic carbocycles. The van der Waals surface area contributed by atoms with Crippen molar-refractivity contribution in [3.8, 4) is 5.75 Å². The Hall–Kier alpha value is -3.06. The minimum atomic E-state index is -0.429. The van der Waals surface area contributed by atoms with E-state index < -0.39 is 11.1 Å². The summed E-state index contributed by atoms with van der Waals surface area (Å²) in [6, 6.07) is 15.2. The first-order valence-electron chi connectivity index (χ1n) is 9.29. The topological polar surface area (TPSA) is 66.9 Å². The van der Waals surface area contributed by atoms with Gasteiger partial charge in [0.1, 0.15) is 12.3 Å². The molecule has 1 fully saturated rings. The summed E-state index contributed by atoms with van der Waals surface area (Å²) in [5, 5.41) is -0.416. The van der Waals surface area contributed by atoms with Gasteiger partial charge in [-0.2, -0.15) is 0 Å². The molecule has 1 saturated heterocycles. The van der Waals surface area contributed by atoms with Crippen molar-refractivity contribution in [3.05, 3.63) is 70.1 Å². The molecule has 0 aromatic heterocycles. The van der Waals surface area contributed by atoms with E-state index in [4.69, 9.17) is 4.74 Å². The van der Waals surface area contributed by atoms with Gasteiger partial charge in [0.15, 0.2) is 0 Å². The number of methoxy groups -OCH3 is 1. The van der Waals surface area contributed by atoms with Gasteiger partial charge in [-0.25, -0.2) is 0 Å². The largest absolute Gasteiger partial charge is 0.497 e. The van der Waals surface area contributed by atoms with Gasteiger partial charge < -0.3 is 9.64 Å². The number of thioether (sulfide) groups is 1. The maximum Gasteiger partial charge on any atom is 0.294 e. The molecule has 0 spiro atoms. The molecule has 7 heteroatoms. The van der Waals surface area contributed by atoms with Gasteiger partial charge in [-0.05, 0) is 53.1 Å². The molecule has 4 rings (SSSR count). The van der Waals surface area contributed by atoms with Gasteiger partial charge in [0.25, 0.3) is 11.1 Å². The van der Waals surface area contributed by atoms with Gasteiger partial charge >= 0.3 is 0 Å². The van der Waals surface area contributed by atoms with Crippen molar-refractivity contribution in [3.63, 3.8) is 0 Å². The second-order valence-electron chi connectivity index (χ2n) is 6.88. The quantitative estimate of drug-likeness (QED) is 0.726. The average Bonchev–Trinajstić information content (AvgIpc) is 3.01. The highest BCUT2D eigenvalue weighted by Gasteiger charge is 2.37. The number of ether oxygens (including phenoxy) is 1. The standard InChI is InChI=1S/C22H20N2O4S/c1-28-18-8-6-15(7-9-18)12-19-21(26)24(22(27)29-19)14-20(25)23-11-10-16-4-2-3-5-17(16)13-23/h2-9,12H,10-11,13-14H2,1H3/b19-12-. The molecule has 6 nitrogen and oxygen atoms in total. The molecule has 0 saturated carbocycles. The molecule has 2 heterocycles. The Labute approximate surface area is 173 Å². The average molecular weight is 408 g/mol. The van der Waals surface area contributed by atoms with Crippen LogP contribution in [0.15, 0.2) is 53.4 Å². The lowest BCUT2D eigenvalue weighted by atomic mass is 10.00. The van der Waals surface area contributed by atoms with Crippen LogP contribution in [0.2, 0.25) is 0 Å². The van der Waals surface area contributed by atoms with Crippen molar-refractivity contribution in [2.45, 2.75) is 13.0 Å². The van der Waals surface area contributed by atoms with E-state index in [1.807, 2.05) is 30.3 Å². The van der Waals surface area contributed by atoms with Gasteiger partial charge in [-0.3, -0.25) is 19.3 Å². The summed E-state index contributed by atoms with van der Waals surface area (Å²) < 4.78 is 5.12. The number of hydrogen-bond acceptors (Lipinski definition) is 5. The number of benzene rings is 2. The molecule has 3 amide bonds. The highest BCUT2D eigenvalue weighted by molar-refractivity contribution is 8.18. The molecule has 0 radical (unpaired) electrons. The van der Waals surface area contributed by atoms with Crippen LogP contribution < -0.4 is 4.74 Å². The first-order chi connectivity index (χ1) is 14.0. The van der Waals surface area contributed by atoms with Gasteiger partial charge in [0.05, 0.1) is 12.0 Å². The number of carbonyl (C=O) groups excluding carboxylic acids is 3. The first-order valence-corrected chi connectivity index (χ1v) is 10.1. The Morgan fingerprint density at radius 1 is 1.10 bits per heavy atom. The lowest BCUT2D eigenvalue weighted by Gasteiger charge is -2.29. The van der Waals surface area contributed by atoms with Crippen LogP contribution in [-0.2, 0) is 22.6 Å². The van der Waals surface area contributed by atoms with Gasteiger partial charge in [-0.15, -0.1) is 0 Å². The zero-order chi connectivity index (χ0) is 20.4. The third-order valence-corrected chi connectivity index (χ3v) is 5.97. The number of imide groups is 1. The molecule has 0 unspecified atom stereocenters. The predicted octanol–water partition coefficient (Wildman–Crippen LogP) is 3.32. The highest BCUT2D eigenvalue weighted by atomic mass is 32.2. The van der Waals surface area contributed by atoms with Crippen LogP contribution in [-0.4, -0.2) is 47.1 Å². The summed E-state index contributed by atoms with van der Waals surface area (Å²) in [4.78, 5) is 40.8. The molecule has 2 aromatic rings. The van der Waals surface area contributed by atoms with Crippen LogP contribution in [0.4, 0.5) is 4.79 Å². The minimum absolute atomic E-state index is 0.215. The Balaban J connectivity index is 1.44. The van der Waals surface area contributed by atoms with Crippen LogP contribution in [0.3, 0.4) is 0 Å². The zero-order valence-corrected chi connectivity index (χ0v) is 16.8. The first kappa shape index (κ1) is 19.3. The maximum absolute atomic E-state index is 12.7. The number of amides is 3. The Kier molecular flexibility index (Phi) is 5.40. The third kappa shape index (κ3) is 4.05. The summed E-state index contributed by atoms with van der Waals surface area (Å²) >= 11 is 0.860. The van der Waals surface area contributed by atoms with Gasteiger partial charge in [0.2, 0.25) is 5.91 Å². The monoisotopic (exact) mass is 408 g/mol. The lowest BCUT2D eigenvalue weighted by molar-refractivity contribution is -0.136. The SMILES string of the molecule is COc1ccc(/C=C2\SC(=O)N(CC(=O)N3CCc4ccccc4C3)C2=O)cc1. The van der Waals surface area contributed by atoms with Crippen LogP contribution >= 0.6 is 11.8 Å². The number of fused-ring (bicyclic) bond motifs is 1. The van der Waals surface area contributed by atoms with E-state index >= 15 is 0 Å². The van der Waals surface area contributed by atoms with E-state index in [9.17, 15) is 14.4 Å². The second-order valence-corrected chi connectivity index (χ2v) is 7.87. The van der Waals surface area contributed by atoms with E-state index in [1.54, 1.807) is 30.2 Å². The van der Waals surface area contributed by atoms with Gasteiger partial charge in [0, 0.05) is 13.1 Å². The van der Waals surface area contributed by atoms with Crippen LogP contribution in [0.25, 0.3) is 6.08 Å². The molecule has 2 aliphatic rings. The minimum Gasteiger partial charge on any atom is -0.497 e. The van der Waals surface area contributed by atoms with Crippen LogP contribution in [0.5, 0.6) is 5.75 Å². The molecular weight excluding hydrogens is 388 g/mol. The summed E-state index contributed by atoms with van der Waals surface area (Å²) in [7, 11) is 1.58. The molecule has 2 aliphatic heterocycles. The molecule has 0 bridgehead atoms. The normalized spacial score (nSPS) is 17.6. The molecule has 0 atom stereocenters. The smallest absolute Gasteiger partial charge is 0.294 e. The molecule has 29 heavy (non-hydrogen) atoms. The molecular formula is C22H20N2O4S. The fraction of sp³-hybridized carbons (Fsp3) is 0.227. The van der Waals surface area contributed by atoms with E-state index in [2.05, 4.69) is 6.07 Å².